The lowest BCUT2D eigenvalue weighted by Crippen LogP contribution is -2.55. The quantitative estimate of drug-likeness (QED) is 0.110. The van der Waals surface area contributed by atoms with Gasteiger partial charge in [-0.3, -0.25) is 9.69 Å². The van der Waals surface area contributed by atoms with Gasteiger partial charge in [-0.15, -0.1) is 0 Å². The van der Waals surface area contributed by atoms with E-state index in [1.165, 1.54) is 4.90 Å². The molecule has 0 bridgehead atoms. The smallest absolute Gasteiger partial charge is 0.457 e. The molecule has 0 radical (unpaired) electrons. The summed E-state index contributed by atoms with van der Waals surface area (Å²) in [6, 6.07) is 7.76. The minimum atomic E-state index is -1.43. The van der Waals surface area contributed by atoms with Crippen LogP contribution in [0.1, 0.15) is 114 Å². The Hall–Kier alpha value is -3.32. The van der Waals surface area contributed by atoms with Crippen molar-refractivity contribution in [1.82, 2.24) is 15.5 Å². The lowest BCUT2D eigenvalue weighted by atomic mass is 9.80. The summed E-state index contributed by atoms with van der Waals surface area (Å²) in [7, 11) is -0.399. The zero-order valence-electron chi connectivity index (χ0n) is 32.3. The van der Waals surface area contributed by atoms with Crippen LogP contribution >= 0.6 is 0 Å². The van der Waals surface area contributed by atoms with Crippen molar-refractivity contribution in [1.29, 1.82) is 0 Å². The third kappa shape index (κ3) is 11.1. The molecule has 0 spiro atoms. The number of carbonyl (C=O) groups is 4. The molecule has 2 N–H and O–H groups in total. The molecule has 2 heterocycles. The van der Waals surface area contributed by atoms with E-state index in [1.54, 1.807) is 41.5 Å². The topological polar surface area (TPSA) is 142 Å². The largest absolute Gasteiger partial charge is 0.459 e. The normalized spacial score (nSPS) is 22.2. The number of nitrogens with zero attached hydrogens (tertiary/aromatic N) is 1. The molecule has 2 aliphatic rings. The van der Waals surface area contributed by atoms with E-state index in [0.717, 1.165) is 5.56 Å². The van der Waals surface area contributed by atoms with E-state index in [-0.39, 0.29) is 31.9 Å². The molecule has 13 heteroatoms. The summed E-state index contributed by atoms with van der Waals surface area (Å²) >= 11 is 0. The average molecular weight is 702 g/mol. The fourth-order valence-electron chi connectivity index (χ4n) is 6.10. The third-order valence-electron chi connectivity index (χ3n) is 9.26. The molecule has 0 unspecified atom stereocenters. The van der Waals surface area contributed by atoms with Crippen molar-refractivity contribution in [3.63, 3.8) is 0 Å². The van der Waals surface area contributed by atoms with Gasteiger partial charge in [0.05, 0.1) is 11.2 Å². The first-order chi connectivity index (χ1) is 22.9. The fraction of sp³-hybridized carbons (Fsp3) is 0.730. The summed E-state index contributed by atoms with van der Waals surface area (Å²) in [4.78, 5) is 55.9. The average Bonchev–Trinajstić information content (AvgIpc) is 3.43. The molecule has 0 saturated carbocycles. The Labute approximate surface area is 299 Å². The van der Waals surface area contributed by atoms with Gasteiger partial charge in [-0.2, -0.15) is 0 Å². The Morgan fingerprint density at radius 2 is 1.50 bits per heavy atom. The molecule has 3 amide bonds. The maximum Gasteiger partial charge on any atom is 0.457 e. The van der Waals surface area contributed by atoms with E-state index >= 15 is 0 Å². The van der Waals surface area contributed by atoms with Crippen molar-refractivity contribution >= 4 is 31.2 Å². The minimum absolute atomic E-state index is 0.00949. The third-order valence-corrected chi connectivity index (χ3v) is 9.26. The number of esters is 1. The summed E-state index contributed by atoms with van der Waals surface area (Å²) < 4.78 is 29.5. The molecule has 280 valence electrons. The van der Waals surface area contributed by atoms with Gasteiger partial charge in [0, 0.05) is 19.0 Å². The van der Waals surface area contributed by atoms with Crippen LogP contribution in [0.2, 0.25) is 6.32 Å². The van der Waals surface area contributed by atoms with E-state index in [1.807, 2.05) is 71.9 Å². The van der Waals surface area contributed by atoms with Crippen LogP contribution < -0.4 is 10.6 Å². The number of benzene rings is 1. The van der Waals surface area contributed by atoms with Gasteiger partial charge in [0.2, 0.25) is 5.91 Å². The van der Waals surface area contributed by atoms with Crippen molar-refractivity contribution in [2.45, 2.75) is 162 Å². The Morgan fingerprint density at radius 1 is 0.920 bits per heavy atom. The first kappa shape index (κ1) is 41.1. The van der Waals surface area contributed by atoms with Gasteiger partial charge in [-0.05, 0) is 93.5 Å². The fourth-order valence-corrected chi connectivity index (χ4v) is 6.10. The lowest BCUT2D eigenvalue weighted by Gasteiger charge is -2.37. The summed E-state index contributed by atoms with van der Waals surface area (Å²) in [5.74, 6) is -1.30. The molecule has 50 heavy (non-hydrogen) atoms. The van der Waals surface area contributed by atoms with Crippen LogP contribution in [-0.4, -0.2) is 82.7 Å². The summed E-state index contributed by atoms with van der Waals surface area (Å²) in [5.41, 5.74) is -3.14. The number of rotatable bonds is 12. The van der Waals surface area contributed by atoms with Crippen molar-refractivity contribution in [3.8, 4) is 0 Å². The zero-order chi connectivity index (χ0) is 37.7. The van der Waals surface area contributed by atoms with Gasteiger partial charge in [0.25, 0.3) is 0 Å². The first-order valence-electron chi connectivity index (χ1n) is 17.8. The van der Waals surface area contributed by atoms with Gasteiger partial charge < -0.3 is 34.2 Å². The lowest BCUT2D eigenvalue weighted by molar-refractivity contribution is -0.158. The first-order valence-corrected chi connectivity index (χ1v) is 17.8. The maximum absolute atomic E-state index is 14.3. The summed E-state index contributed by atoms with van der Waals surface area (Å²) in [6.07, 6.45) is 0.756. The Bertz CT molecular complexity index is 1320. The highest BCUT2D eigenvalue weighted by molar-refractivity contribution is 6.45. The highest BCUT2D eigenvalue weighted by Gasteiger charge is 2.56. The predicted octanol–water partition coefficient (Wildman–Crippen LogP) is 6.41. The molecule has 3 rings (SSSR count). The van der Waals surface area contributed by atoms with Crippen molar-refractivity contribution in [3.05, 3.63) is 35.9 Å². The van der Waals surface area contributed by atoms with Crippen LogP contribution in [-0.2, 0) is 39.7 Å². The van der Waals surface area contributed by atoms with E-state index in [0.29, 0.717) is 19.2 Å². The number of hydrogen-bond donors (Lipinski definition) is 2. The molecule has 3 atom stereocenters. The van der Waals surface area contributed by atoms with Crippen LogP contribution in [0.15, 0.2) is 30.3 Å². The molecule has 2 fully saturated rings. The summed E-state index contributed by atoms with van der Waals surface area (Å²) in [5, 5.41) is 5.69. The number of ether oxygens (including phenoxy) is 3. The van der Waals surface area contributed by atoms with Crippen molar-refractivity contribution in [2.24, 2.45) is 5.92 Å². The molecule has 0 aromatic heterocycles. The van der Waals surface area contributed by atoms with E-state index in [4.69, 9.17) is 23.5 Å². The number of hydrogen-bond acceptors (Lipinski definition) is 9. The second-order valence-corrected chi connectivity index (χ2v) is 16.9. The van der Waals surface area contributed by atoms with Gasteiger partial charge in [0.1, 0.15) is 29.4 Å². The second-order valence-electron chi connectivity index (χ2n) is 16.9. The van der Waals surface area contributed by atoms with Gasteiger partial charge >= 0.3 is 25.3 Å². The zero-order valence-corrected chi connectivity index (χ0v) is 32.3. The van der Waals surface area contributed by atoms with Gasteiger partial charge in [0.15, 0.2) is 0 Å². The van der Waals surface area contributed by atoms with Crippen molar-refractivity contribution in [2.75, 3.05) is 6.54 Å². The van der Waals surface area contributed by atoms with Crippen LogP contribution in [0.4, 0.5) is 9.59 Å². The molecular weight excluding hydrogens is 641 g/mol. The maximum atomic E-state index is 14.3. The van der Waals surface area contributed by atoms with Crippen LogP contribution in [0, 0.1) is 5.92 Å². The summed E-state index contributed by atoms with van der Waals surface area (Å²) in [6.45, 7) is 22.2. The molecule has 1 aromatic rings. The van der Waals surface area contributed by atoms with Crippen LogP contribution in [0.25, 0.3) is 0 Å². The Morgan fingerprint density at radius 3 is 2.04 bits per heavy atom. The molecule has 2 saturated heterocycles. The molecule has 12 nitrogen and oxygen atoms in total. The molecule has 2 aliphatic heterocycles. The number of alkyl carbamates (subject to hydrolysis) is 1. The van der Waals surface area contributed by atoms with Crippen LogP contribution in [0.5, 0.6) is 0 Å². The predicted molar refractivity (Wildman–Crippen MR) is 191 cm³/mol. The van der Waals surface area contributed by atoms with Gasteiger partial charge in [-0.25, -0.2) is 14.4 Å². The van der Waals surface area contributed by atoms with Crippen molar-refractivity contribution < 1.29 is 42.7 Å². The highest BCUT2D eigenvalue weighted by atomic mass is 16.7. The second kappa shape index (κ2) is 15.9. The standard InChI is InChI=1S/C37H60BN3O9/c1-25(2)28(40-31(44)47-33(3,4)5)29(42)39-27-22-37(41(23-27)32(45)48-34(6,7)8,30(43)46-24-26-18-14-13-15-19-26)20-16-17-21-38-49-35(9,10)36(11,12)50-38/h13-15,18-19,25,27-28H,16-17,20-24H2,1-12H3,(H,39,42)(H,40,44)/t27-,28-,37-/m1/s1. The van der Waals surface area contributed by atoms with Gasteiger partial charge in [-0.1, -0.05) is 57.0 Å². The highest BCUT2D eigenvalue weighted by Crippen LogP contribution is 2.40. The van der Waals surface area contributed by atoms with E-state index < -0.39 is 71.2 Å². The van der Waals surface area contributed by atoms with E-state index in [2.05, 4.69) is 10.6 Å². The minimum Gasteiger partial charge on any atom is -0.459 e. The monoisotopic (exact) mass is 701 g/mol. The Kier molecular flexibility index (Phi) is 13.1. The number of amides is 3. The molecule has 0 aliphatic carbocycles. The SMILES string of the molecule is CC(C)[C@@H](NC(=O)OC(C)(C)C)C(=O)N[C@H]1CN(C(=O)OC(C)(C)C)[C@@](CCCCB2OC(C)(C)C(C)(C)O2)(C(=O)OCc2ccccc2)C1. The number of nitrogens with one attached hydrogen (secondary N) is 2. The number of carbonyl (C=O) groups excluding carboxylic acids is 4. The van der Waals surface area contributed by atoms with Crippen LogP contribution in [0.3, 0.4) is 0 Å². The number of unbranched alkanes of at least 4 members (excludes halogenated alkanes) is 1. The Balaban J connectivity index is 1.88. The number of likely N-dealkylation sites (tertiary alicyclic amines) is 1. The van der Waals surface area contributed by atoms with E-state index in [9.17, 15) is 19.2 Å². The molecule has 1 aromatic carbocycles. The molecular formula is C37H60BN3O9.